The Bertz CT molecular complexity index is 863. The van der Waals surface area contributed by atoms with Crippen molar-refractivity contribution >= 4 is 57.2 Å². The SMILES string of the molecule is COc1ccc(/C=C2/SC(=Nc3ccc(I)cc3)NC2=O)cc1OC. The van der Waals surface area contributed by atoms with Crippen LogP contribution in [0.25, 0.3) is 6.08 Å². The average molecular weight is 466 g/mol. The second-order valence-corrected chi connectivity index (χ2v) is 7.35. The Morgan fingerprint density at radius 2 is 1.80 bits per heavy atom. The van der Waals surface area contributed by atoms with E-state index in [1.807, 2.05) is 42.5 Å². The van der Waals surface area contributed by atoms with Crippen LogP contribution < -0.4 is 14.8 Å². The molecule has 128 valence electrons. The molecule has 0 saturated carbocycles. The van der Waals surface area contributed by atoms with Gasteiger partial charge in [-0.1, -0.05) is 6.07 Å². The van der Waals surface area contributed by atoms with E-state index in [0.29, 0.717) is 21.6 Å². The molecule has 1 aliphatic heterocycles. The number of aliphatic imine (C=N–C) groups is 1. The highest BCUT2D eigenvalue weighted by Crippen LogP contribution is 2.32. The molecular weight excluding hydrogens is 451 g/mol. The number of thioether (sulfide) groups is 1. The van der Waals surface area contributed by atoms with Gasteiger partial charge in [0.25, 0.3) is 5.91 Å². The van der Waals surface area contributed by atoms with Crippen molar-refractivity contribution in [3.63, 3.8) is 0 Å². The Morgan fingerprint density at radius 3 is 2.48 bits per heavy atom. The molecule has 7 heteroatoms. The highest BCUT2D eigenvalue weighted by molar-refractivity contribution is 14.1. The number of benzene rings is 2. The Balaban J connectivity index is 1.83. The predicted octanol–water partition coefficient (Wildman–Crippen LogP) is 4.20. The fourth-order valence-corrected chi connectivity index (χ4v) is 3.41. The van der Waals surface area contributed by atoms with Crippen molar-refractivity contribution in [1.82, 2.24) is 5.32 Å². The zero-order chi connectivity index (χ0) is 17.8. The van der Waals surface area contributed by atoms with E-state index in [1.165, 1.54) is 11.8 Å². The molecule has 1 heterocycles. The smallest absolute Gasteiger partial charge is 0.264 e. The minimum atomic E-state index is -0.163. The minimum absolute atomic E-state index is 0.163. The van der Waals surface area contributed by atoms with Crippen LogP contribution in [-0.4, -0.2) is 25.3 Å². The third-order valence-electron chi connectivity index (χ3n) is 3.41. The van der Waals surface area contributed by atoms with E-state index in [-0.39, 0.29) is 5.91 Å². The molecule has 0 aliphatic carbocycles. The van der Waals surface area contributed by atoms with Crippen LogP contribution in [0.4, 0.5) is 5.69 Å². The van der Waals surface area contributed by atoms with Crippen LogP contribution in [-0.2, 0) is 4.79 Å². The Kier molecular flexibility index (Phi) is 5.64. The third kappa shape index (κ3) is 4.35. The molecule has 0 atom stereocenters. The number of nitrogens with one attached hydrogen (secondary N) is 1. The number of amides is 1. The first-order valence-corrected chi connectivity index (χ1v) is 9.26. The quantitative estimate of drug-likeness (QED) is 0.542. The molecule has 0 spiro atoms. The van der Waals surface area contributed by atoms with Crippen LogP contribution in [0, 0.1) is 3.57 Å². The molecule has 2 aromatic carbocycles. The maximum atomic E-state index is 12.2. The number of hydrogen-bond donors (Lipinski definition) is 1. The summed E-state index contributed by atoms with van der Waals surface area (Å²) in [5.74, 6) is 1.10. The molecule has 3 rings (SSSR count). The molecule has 1 fully saturated rings. The zero-order valence-corrected chi connectivity index (χ0v) is 16.6. The average Bonchev–Trinajstić information content (AvgIpc) is 2.96. The van der Waals surface area contributed by atoms with Gasteiger partial charge in [0.2, 0.25) is 0 Å². The predicted molar refractivity (Wildman–Crippen MR) is 110 cm³/mol. The number of carbonyl (C=O) groups is 1. The lowest BCUT2D eigenvalue weighted by molar-refractivity contribution is -0.115. The zero-order valence-electron chi connectivity index (χ0n) is 13.6. The van der Waals surface area contributed by atoms with Gasteiger partial charge in [0, 0.05) is 3.57 Å². The van der Waals surface area contributed by atoms with Gasteiger partial charge < -0.3 is 14.8 Å². The van der Waals surface area contributed by atoms with Crippen molar-refractivity contribution in [2.45, 2.75) is 0 Å². The fraction of sp³-hybridized carbons (Fsp3) is 0.111. The van der Waals surface area contributed by atoms with Crippen molar-refractivity contribution in [3.8, 4) is 11.5 Å². The molecule has 25 heavy (non-hydrogen) atoms. The summed E-state index contributed by atoms with van der Waals surface area (Å²) in [5, 5.41) is 3.35. The number of hydrogen-bond acceptors (Lipinski definition) is 5. The second-order valence-electron chi connectivity index (χ2n) is 5.07. The van der Waals surface area contributed by atoms with Gasteiger partial charge in [-0.15, -0.1) is 0 Å². The second kappa shape index (κ2) is 7.92. The molecule has 0 radical (unpaired) electrons. The van der Waals surface area contributed by atoms with E-state index < -0.39 is 0 Å². The highest BCUT2D eigenvalue weighted by atomic mass is 127. The largest absolute Gasteiger partial charge is 0.493 e. The Hall–Kier alpha value is -2.00. The van der Waals surface area contributed by atoms with Crippen LogP contribution in [0.15, 0.2) is 52.4 Å². The van der Waals surface area contributed by atoms with Crippen molar-refractivity contribution < 1.29 is 14.3 Å². The normalized spacial score (nSPS) is 17.0. The number of carbonyl (C=O) groups excluding carboxylic acids is 1. The van der Waals surface area contributed by atoms with Gasteiger partial charge in [-0.05, 0) is 82.4 Å². The van der Waals surface area contributed by atoms with Gasteiger partial charge >= 0.3 is 0 Å². The molecule has 5 nitrogen and oxygen atoms in total. The topological polar surface area (TPSA) is 59.9 Å². The van der Waals surface area contributed by atoms with Crippen molar-refractivity contribution in [3.05, 3.63) is 56.5 Å². The lowest BCUT2D eigenvalue weighted by atomic mass is 10.2. The highest BCUT2D eigenvalue weighted by Gasteiger charge is 2.23. The van der Waals surface area contributed by atoms with Crippen LogP contribution in [0.2, 0.25) is 0 Å². The maximum Gasteiger partial charge on any atom is 0.264 e. The molecule has 0 unspecified atom stereocenters. The fourth-order valence-electron chi connectivity index (χ4n) is 2.21. The summed E-state index contributed by atoms with van der Waals surface area (Å²) in [4.78, 5) is 17.2. The van der Waals surface area contributed by atoms with Gasteiger partial charge in [0.15, 0.2) is 16.7 Å². The lowest BCUT2D eigenvalue weighted by Crippen LogP contribution is -2.19. The van der Waals surface area contributed by atoms with Gasteiger partial charge in [-0.3, -0.25) is 4.79 Å². The van der Waals surface area contributed by atoms with Crippen molar-refractivity contribution in [1.29, 1.82) is 0 Å². The molecular formula is C18H15IN2O3S. The first-order valence-electron chi connectivity index (χ1n) is 7.36. The molecule has 0 aromatic heterocycles. The summed E-state index contributed by atoms with van der Waals surface area (Å²) in [7, 11) is 3.17. The Morgan fingerprint density at radius 1 is 1.08 bits per heavy atom. The van der Waals surface area contributed by atoms with E-state index in [1.54, 1.807) is 20.3 Å². The van der Waals surface area contributed by atoms with Crippen molar-refractivity contribution in [2.75, 3.05) is 14.2 Å². The molecule has 1 aliphatic rings. The summed E-state index contributed by atoms with van der Waals surface area (Å²) >= 11 is 3.55. The first kappa shape index (κ1) is 17.8. The van der Waals surface area contributed by atoms with E-state index in [0.717, 1.165) is 14.8 Å². The molecule has 1 saturated heterocycles. The monoisotopic (exact) mass is 466 g/mol. The minimum Gasteiger partial charge on any atom is -0.493 e. The van der Waals surface area contributed by atoms with Crippen LogP contribution in [0.3, 0.4) is 0 Å². The standard InChI is InChI=1S/C18H15IN2O3S/c1-23-14-8-3-11(9-15(14)24-2)10-16-17(22)21-18(25-16)20-13-6-4-12(19)5-7-13/h3-10H,1-2H3,(H,20,21,22)/b16-10+. The summed E-state index contributed by atoms with van der Waals surface area (Å²) in [6.45, 7) is 0. The van der Waals surface area contributed by atoms with Crippen LogP contribution in [0.5, 0.6) is 11.5 Å². The maximum absolute atomic E-state index is 12.2. The number of ether oxygens (including phenoxy) is 2. The first-order chi connectivity index (χ1) is 12.1. The summed E-state index contributed by atoms with van der Waals surface area (Å²) in [6, 6.07) is 13.3. The van der Waals surface area contributed by atoms with E-state index in [9.17, 15) is 4.79 Å². The molecule has 1 amide bonds. The van der Waals surface area contributed by atoms with E-state index in [2.05, 4.69) is 32.9 Å². The van der Waals surface area contributed by atoms with Gasteiger partial charge in [0.1, 0.15) is 0 Å². The van der Waals surface area contributed by atoms with Crippen LogP contribution >= 0.6 is 34.4 Å². The number of amidine groups is 1. The van der Waals surface area contributed by atoms with Gasteiger partial charge in [-0.2, -0.15) is 0 Å². The van der Waals surface area contributed by atoms with E-state index in [4.69, 9.17) is 9.47 Å². The third-order valence-corrected chi connectivity index (χ3v) is 5.04. The van der Waals surface area contributed by atoms with Gasteiger partial charge in [-0.25, -0.2) is 4.99 Å². The number of methoxy groups -OCH3 is 2. The summed E-state index contributed by atoms with van der Waals surface area (Å²) in [5.41, 5.74) is 1.65. The summed E-state index contributed by atoms with van der Waals surface area (Å²) < 4.78 is 11.7. The number of rotatable bonds is 4. The molecule has 1 N–H and O–H groups in total. The van der Waals surface area contributed by atoms with Gasteiger partial charge in [0.05, 0.1) is 24.8 Å². The van der Waals surface area contributed by atoms with E-state index >= 15 is 0 Å². The van der Waals surface area contributed by atoms with Crippen molar-refractivity contribution in [2.24, 2.45) is 4.99 Å². The summed E-state index contributed by atoms with van der Waals surface area (Å²) in [6.07, 6.45) is 1.80. The molecule has 0 bridgehead atoms. The number of halogens is 1. The number of nitrogens with zero attached hydrogens (tertiary/aromatic N) is 1. The molecule has 2 aromatic rings. The Labute approximate surface area is 163 Å². The van der Waals surface area contributed by atoms with Crippen LogP contribution in [0.1, 0.15) is 5.56 Å². The lowest BCUT2D eigenvalue weighted by Gasteiger charge is -2.07.